The highest BCUT2D eigenvalue weighted by atomic mass is 16.3. The summed E-state index contributed by atoms with van der Waals surface area (Å²) in [5.41, 5.74) is 9.23. The Kier molecular flexibility index (Phi) is 9.71. The number of allylic oxidation sites excluding steroid dienone is 8. The molecule has 2 nitrogen and oxygen atoms in total. The maximum absolute atomic E-state index is 8.95. The van der Waals surface area contributed by atoms with Crippen LogP contribution in [0.5, 0.6) is 0 Å². The number of rotatable bonds is 4. The van der Waals surface area contributed by atoms with Gasteiger partial charge in [-0.2, -0.15) is 0 Å². The van der Waals surface area contributed by atoms with Gasteiger partial charge in [-0.15, -0.1) is 0 Å². The first-order valence-corrected chi connectivity index (χ1v) is 17.8. The molecule has 1 N–H and O–H groups in total. The Morgan fingerprint density at radius 2 is 1.34 bits per heavy atom. The molecule has 2 heteroatoms. The zero-order valence-electron chi connectivity index (χ0n) is 29.1. The average molecular weight is 650 g/mol. The zero-order valence-corrected chi connectivity index (χ0v) is 29.1. The highest BCUT2D eigenvalue weighted by Gasteiger charge is 2.19. The first-order chi connectivity index (χ1) is 24.6. The minimum absolute atomic E-state index is 0.0944. The summed E-state index contributed by atoms with van der Waals surface area (Å²) in [6.45, 7) is 6.13. The van der Waals surface area contributed by atoms with Gasteiger partial charge in [-0.05, 0) is 112 Å². The van der Waals surface area contributed by atoms with E-state index < -0.39 is 0 Å². The van der Waals surface area contributed by atoms with E-state index in [2.05, 4.69) is 147 Å². The first kappa shape index (κ1) is 32.8. The summed E-state index contributed by atoms with van der Waals surface area (Å²) in [6, 6.07) is 41.0. The largest absolute Gasteiger partial charge is 0.455 e. The summed E-state index contributed by atoms with van der Waals surface area (Å²) in [7, 11) is 0. The summed E-state index contributed by atoms with van der Waals surface area (Å²) < 4.78 is 6.60. The van der Waals surface area contributed by atoms with Crippen molar-refractivity contribution >= 4 is 49.2 Å². The van der Waals surface area contributed by atoms with Crippen molar-refractivity contribution in [1.82, 2.24) is 0 Å². The molecule has 0 radical (unpaired) electrons. The SMILES string of the molecule is CC.CC1=CCCC=C1.N=C(c1ccc2oc3c(-c4ccc5ccccc5c4)cc(-c4ccc5ccccc5c4)cc3c2c1)C1C=CC=CC1. The molecule has 0 bridgehead atoms. The van der Waals surface area contributed by atoms with Crippen LogP contribution in [-0.4, -0.2) is 5.71 Å². The van der Waals surface area contributed by atoms with Crippen molar-refractivity contribution in [1.29, 1.82) is 5.41 Å². The molecule has 1 unspecified atom stereocenters. The van der Waals surface area contributed by atoms with Crippen LogP contribution in [0.2, 0.25) is 0 Å². The molecule has 1 heterocycles. The van der Waals surface area contributed by atoms with Crippen LogP contribution < -0.4 is 0 Å². The van der Waals surface area contributed by atoms with E-state index in [0.29, 0.717) is 5.71 Å². The van der Waals surface area contributed by atoms with Gasteiger partial charge in [0.2, 0.25) is 0 Å². The van der Waals surface area contributed by atoms with Crippen LogP contribution in [0.15, 0.2) is 168 Å². The zero-order chi connectivity index (χ0) is 34.5. The van der Waals surface area contributed by atoms with Gasteiger partial charge in [0.15, 0.2) is 0 Å². The lowest BCUT2D eigenvalue weighted by Gasteiger charge is -2.14. The average Bonchev–Trinajstić information content (AvgIpc) is 3.56. The fourth-order valence-corrected chi connectivity index (χ4v) is 6.91. The summed E-state index contributed by atoms with van der Waals surface area (Å²) in [5.74, 6) is 0.0944. The third kappa shape index (κ3) is 6.75. The second-order valence-electron chi connectivity index (χ2n) is 12.8. The summed E-state index contributed by atoms with van der Waals surface area (Å²) >= 11 is 0. The van der Waals surface area contributed by atoms with E-state index in [4.69, 9.17) is 9.83 Å². The number of fused-ring (bicyclic) bond motifs is 5. The van der Waals surface area contributed by atoms with E-state index in [0.717, 1.165) is 50.6 Å². The number of benzene rings is 6. The van der Waals surface area contributed by atoms with Crippen LogP contribution in [-0.2, 0) is 0 Å². The van der Waals surface area contributed by atoms with Crippen molar-refractivity contribution in [2.45, 2.75) is 40.0 Å². The van der Waals surface area contributed by atoms with Crippen molar-refractivity contribution in [2.75, 3.05) is 0 Å². The second-order valence-corrected chi connectivity index (χ2v) is 12.8. The Bertz CT molecular complexity index is 2470. The van der Waals surface area contributed by atoms with Crippen molar-refractivity contribution in [3.63, 3.8) is 0 Å². The molecule has 0 fully saturated rings. The number of hydrogen-bond donors (Lipinski definition) is 1. The third-order valence-electron chi connectivity index (χ3n) is 9.56. The first-order valence-electron chi connectivity index (χ1n) is 17.8. The van der Waals surface area contributed by atoms with E-state index in [9.17, 15) is 0 Å². The highest BCUT2D eigenvalue weighted by molar-refractivity contribution is 6.14. The summed E-state index contributed by atoms with van der Waals surface area (Å²) in [5, 5.41) is 15.9. The summed E-state index contributed by atoms with van der Waals surface area (Å²) in [6.07, 6.45) is 18.3. The van der Waals surface area contributed by atoms with Gasteiger partial charge in [0.05, 0.1) is 0 Å². The van der Waals surface area contributed by atoms with Gasteiger partial charge in [-0.3, -0.25) is 0 Å². The standard InChI is InChI=1S/C39H27NO.C7H10.C2H6/c40-38(27-10-2-1-3-11-27)32-18-19-37-35(22-32)36-24-33(30-16-14-25-8-4-6-12-28(25)20-30)23-34(39(36)41-37)31-17-15-26-9-5-7-13-29(26)21-31;1-7-5-3-2-4-6-7;1-2/h1-10,12-24,27,40H,11H2;3,5-6H,2,4H2,1H3;1-2H3. The molecule has 0 aliphatic heterocycles. The molecule has 0 saturated carbocycles. The fourth-order valence-electron chi connectivity index (χ4n) is 6.91. The van der Waals surface area contributed by atoms with Crippen LogP contribution in [0.4, 0.5) is 0 Å². The van der Waals surface area contributed by atoms with E-state index in [1.807, 2.05) is 32.1 Å². The molecular weight excluding hydrogens is 607 g/mol. The fraction of sp³-hybridized carbons (Fsp3) is 0.146. The van der Waals surface area contributed by atoms with Crippen LogP contribution in [0.3, 0.4) is 0 Å². The van der Waals surface area contributed by atoms with Crippen molar-refractivity contribution < 1.29 is 4.42 Å². The number of hydrogen-bond acceptors (Lipinski definition) is 2. The molecule has 246 valence electrons. The Labute approximate surface area is 295 Å². The van der Waals surface area contributed by atoms with E-state index in [-0.39, 0.29) is 5.92 Å². The molecule has 7 aromatic rings. The topological polar surface area (TPSA) is 37.0 Å². The van der Waals surface area contributed by atoms with Gasteiger partial charge < -0.3 is 9.83 Å². The molecule has 2 aliphatic rings. The Morgan fingerprint density at radius 1 is 0.640 bits per heavy atom. The lowest BCUT2D eigenvalue weighted by molar-refractivity contribution is 0.670. The van der Waals surface area contributed by atoms with Crippen molar-refractivity contribution in [2.24, 2.45) is 5.92 Å². The molecule has 0 amide bonds. The maximum atomic E-state index is 8.95. The molecule has 0 spiro atoms. The van der Waals surface area contributed by atoms with Crippen LogP contribution >= 0.6 is 0 Å². The maximum Gasteiger partial charge on any atom is 0.143 e. The van der Waals surface area contributed by atoms with Gasteiger partial charge in [0.25, 0.3) is 0 Å². The smallest absolute Gasteiger partial charge is 0.143 e. The van der Waals surface area contributed by atoms with E-state index in [1.54, 1.807) is 0 Å². The predicted octanol–water partition coefficient (Wildman–Crippen LogP) is 14.0. The lowest BCUT2D eigenvalue weighted by Crippen LogP contribution is -2.12. The molecule has 6 aromatic carbocycles. The molecule has 9 rings (SSSR count). The monoisotopic (exact) mass is 649 g/mol. The minimum atomic E-state index is 0.0944. The predicted molar refractivity (Wildman–Crippen MR) is 216 cm³/mol. The highest BCUT2D eigenvalue weighted by Crippen LogP contribution is 2.41. The van der Waals surface area contributed by atoms with Crippen molar-refractivity contribution in [3.05, 3.63) is 169 Å². The van der Waals surface area contributed by atoms with Crippen LogP contribution in [0.25, 0.3) is 65.7 Å². The van der Waals surface area contributed by atoms with Crippen LogP contribution in [0.1, 0.15) is 45.6 Å². The van der Waals surface area contributed by atoms with Gasteiger partial charge in [0.1, 0.15) is 11.2 Å². The van der Waals surface area contributed by atoms with Gasteiger partial charge >= 0.3 is 0 Å². The Balaban J connectivity index is 0.000000386. The second kappa shape index (κ2) is 14.8. The lowest BCUT2D eigenvalue weighted by atomic mass is 9.90. The van der Waals surface area contributed by atoms with E-state index in [1.165, 1.54) is 45.5 Å². The number of nitrogens with one attached hydrogen (secondary N) is 1. The normalized spacial score (nSPS) is 15.0. The third-order valence-corrected chi connectivity index (χ3v) is 9.56. The van der Waals surface area contributed by atoms with Gasteiger partial charge in [-0.25, -0.2) is 0 Å². The Hall–Kier alpha value is -5.73. The van der Waals surface area contributed by atoms with Crippen molar-refractivity contribution in [3.8, 4) is 22.3 Å². The Morgan fingerprint density at radius 3 is 1.98 bits per heavy atom. The van der Waals surface area contributed by atoms with Gasteiger partial charge in [-0.1, -0.05) is 135 Å². The molecule has 0 saturated heterocycles. The minimum Gasteiger partial charge on any atom is -0.455 e. The van der Waals surface area contributed by atoms with E-state index >= 15 is 0 Å². The molecule has 1 aromatic heterocycles. The molecule has 50 heavy (non-hydrogen) atoms. The molecule has 2 aliphatic carbocycles. The van der Waals surface area contributed by atoms with Crippen LogP contribution in [0, 0.1) is 11.3 Å². The quantitative estimate of drug-likeness (QED) is 0.189. The van der Waals surface area contributed by atoms with Gasteiger partial charge in [0, 0.05) is 28.0 Å². The number of furan rings is 1. The molecule has 1 atom stereocenters. The molecular formula is C48H43NO. The summed E-state index contributed by atoms with van der Waals surface area (Å²) in [4.78, 5) is 0.